The van der Waals surface area contributed by atoms with Crippen LogP contribution in [0.2, 0.25) is 0 Å². The molecule has 1 saturated carbocycles. The Morgan fingerprint density at radius 1 is 1.18 bits per heavy atom. The number of hydrogen-bond donors (Lipinski definition) is 2. The van der Waals surface area contributed by atoms with Gasteiger partial charge >= 0.3 is 0 Å². The van der Waals surface area contributed by atoms with Crippen molar-refractivity contribution in [1.29, 1.82) is 0 Å². The first-order valence-corrected chi connectivity index (χ1v) is 7.39. The molecule has 6 nitrogen and oxygen atoms in total. The highest BCUT2D eigenvalue weighted by Crippen LogP contribution is 2.47. The molecule has 1 aromatic rings. The van der Waals surface area contributed by atoms with Crippen molar-refractivity contribution in [3.8, 4) is 11.5 Å². The Morgan fingerprint density at radius 3 is 2.45 bits per heavy atom. The third-order valence-corrected chi connectivity index (χ3v) is 3.81. The lowest BCUT2D eigenvalue weighted by Gasteiger charge is -2.17. The molecule has 2 amide bonds. The Balaban J connectivity index is 2.10. The lowest BCUT2D eigenvalue weighted by molar-refractivity contribution is -0.134. The number of amides is 2. The number of rotatable bonds is 7. The largest absolute Gasteiger partial charge is 0.497 e. The van der Waals surface area contributed by atoms with Crippen molar-refractivity contribution >= 4 is 17.5 Å². The van der Waals surface area contributed by atoms with Crippen molar-refractivity contribution in [3.63, 3.8) is 0 Å². The number of ether oxygens (including phenoxy) is 2. The second kappa shape index (κ2) is 6.68. The van der Waals surface area contributed by atoms with Gasteiger partial charge in [-0.2, -0.15) is 0 Å². The fraction of sp³-hybridized carbons (Fsp3) is 0.500. The predicted molar refractivity (Wildman–Crippen MR) is 83.1 cm³/mol. The lowest BCUT2D eigenvalue weighted by Crippen LogP contribution is -2.40. The van der Waals surface area contributed by atoms with Crippen LogP contribution in [0.5, 0.6) is 11.5 Å². The van der Waals surface area contributed by atoms with Crippen LogP contribution in [0.3, 0.4) is 0 Å². The molecule has 1 aliphatic carbocycles. The van der Waals surface area contributed by atoms with E-state index >= 15 is 0 Å². The molecule has 2 rings (SSSR count). The number of carbonyl (C=O) groups excluding carboxylic acids is 2. The Bertz CT molecular complexity index is 567. The van der Waals surface area contributed by atoms with Gasteiger partial charge in [-0.25, -0.2) is 0 Å². The van der Waals surface area contributed by atoms with Gasteiger partial charge in [0.25, 0.3) is 0 Å². The summed E-state index contributed by atoms with van der Waals surface area (Å²) in [5.41, 5.74) is -0.400. The smallest absolute Gasteiger partial charge is 0.240 e. The van der Waals surface area contributed by atoms with E-state index in [0.29, 0.717) is 36.6 Å². The fourth-order valence-corrected chi connectivity index (χ4v) is 2.23. The predicted octanol–water partition coefficient (Wildman–Crippen LogP) is 1.95. The maximum absolute atomic E-state index is 12.5. The summed E-state index contributed by atoms with van der Waals surface area (Å²) in [6, 6.07) is 5.12. The minimum Gasteiger partial charge on any atom is -0.497 e. The molecule has 0 unspecified atom stereocenters. The lowest BCUT2D eigenvalue weighted by atomic mass is 10.0. The van der Waals surface area contributed by atoms with Gasteiger partial charge in [-0.1, -0.05) is 6.92 Å². The van der Waals surface area contributed by atoms with Gasteiger partial charge in [0.1, 0.15) is 16.9 Å². The van der Waals surface area contributed by atoms with Crippen LogP contribution in [-0.2, 0) is 9.59 Å². The average molecular weight is 306 g/mol. The molecule has 0 aliphatic heterocycles. The average Bonchev–Trinajstić information content (AvgIpc) is 3.34. The highest BCUT2D eigenvalue weighted by atomic mass is 16.5. The first kappa shape index (κ1) is 16.1. The van der Waals surface area contributed by atoms with E-state index in [1.807, 2.05) is 6.92 Å². The monoisotopic (exact) mass is 306 g/mol. The van der Waals surface area contributed by atoms with Gasteiger partial charge in [0.2, 0.25) is 11.8 Å². The maximum Gasteiger partial charge on any atom is 0.240 e. The third-order valence-electron chi connectivity index (χ3n) is 3.81. The third kappa shape index (κ3) is 3.16. The van der Waals surface area contributed by atoms with E-state index in [1.54, 1.807) is 25.3 Å². The topological polar surface area (TPSA) is 76.7 Å². The summed E-state index contributed by atoms with van der Waals surface area (Å²) in [5.74, 6) is 0.651. The highest BCUT2D eigenvalue weighted by Gasteiger charge is 2.56. The van der Waals surface area contributed by atoms with Crippen LogP contribution in [0.4, 0.5) is 5.69 Å². The molecule has 0 atom stereocenters. The van der Waals surface area contributed by atoms with E-state index in [4.69, 9.17) is 9.47 Å². The number of benzene rings is 1. The van der Waals surface area contributed by atoms with Gasteiger partial charge in [-0.15, -0.1) is 0 Å². The summed E-state index contributed by atoms with van der Waals surface area (Å²) in [6.07, 6.45) is 2.00. The van der Waals surface area contributed by atoms with Crippen molar-refractivity contribution in [2.45, 2.75) is 26.2 Å². The van der Waals surface area contributed by atoms with Crippen molar-refractivity contribution in [2.24, 2.45) is 5.41 Å². The van der Waals surface area contributed by atoms with Crippen LogP contribution in [0, 0.1) is 5.41 Å². The summed E-state index contributed by atoms with van der Waals surface area (Å²) in [6.45, 7) is 2.56. The second-order valence-corrected chi connectivity index (χ2v) is 5.36. The standard InChI is InChI=1S/C16H22N2O4/c1-4-9-17-14(19)16(7-8-16)15(20)18-12-6-5-11(21-2)10-13(12)22-3/h5-6,10H,4,7-9H2,1-3H3,(H,17,19)(H,18,20). The normalized spacial score (nSPS) is 14.9. The molecule has 0 saturated heterocycles. The van der Waals surface area contributed by atoms with Crippen LogP contribution in [0.25, 0.3) is 0 Å². The molecule has 22 heavy (non-hydrogen) atoms. The molecule has 1 aliphatic rings. The van der Waals surface area contributed by atoms with Crippen LogP contribution in [0.15, 0.2) is 18.2 Å². The number of anilines is 1. The molecule has 6 heteroatoms. The van der Waals surface area contributed by atoms with E-state index in [-0.39, 0.29) is 11.8 Å². The number of methoxy groups -OCH3 is 2. The number of hydrogen-bond acceptors (Lipinski definition) is 4. The van der Waals surface area contributed by atoms with Crippen molar-refractivity contribution < 1.29 is 19.1 Å². The zero-order chi connectivity index (χ0) is 16.2. The summed E-state index contributed by atoms with van der Waals surface area (Å²) in [4.78, 5) is 24.6. The second-order valence-electron chi connectivity index (χ2n) is 5.36. The molecule has 0 radical (unpaired) electrons. The number of nitrogens with one attached hydrogen (secondary N) is 2. The molecule has 0 bridgehead atoms. The van der Waals surface area contributed by atoms with Gasteiger partial charge in [0.15, 0.2) is 0 Å². The van der Waals surface area contributed by atoms with E-state index in [9.17, 15) is 9.59 Å². The van der Waals surface area contributed by atoms with E-state index in [1.165, 1.54) is 7.11 Å². The molecule has 0 aromatic heterocycles. The summed E-state index contributed by atoms with van der Waals surface area (Å²) < 4.78 is 10.4. The summed E-state index contributed by atoms with van der Waals surface area (Å²) >= 11 is 0. The Labute approximate surface area is 130 Å². The first-order chi connectivity index (χ1) is 10.6. The van der Waals surface area contributed by atoms with Crippen molar-refractivity contribution in [2.75, 3.05) is 26.1 Å². The maximum atomic E-state index is 12.5. The van der Waals surface area contributed by atoms with E-state index in [0.717, 1.165) is 6.42 Å². The van der Waals surface area contributed by atoms with Gasteiger partial charge in [-0.05, 0) is 31.4 Å². The van der Waals surface area contributed by atoms with Gasteiger partial charge in [-0.3, -0.25) is 9.59 Å². The highest BCUT2D eigenvalue weighted by molar-refractivity contribution is 6.13. The molecule has 2 N–H and O–H groups in total. The number of carbonyl (C=O) groups is 2. The minimum atomic E-state index is -0.930. The molecular weight excluding hydrogens is 284 g/mol. The van der Waals surface area contributed by atoms with Crippen LogP contribution in [0.1, 0.15) is 26.2 Å². The first-order valence-electron chi connectivity index (χ1n) is 7.39. The van der Waals surface area contributed by atoms with Crippen LogP contribution in [-0.4, -0.2) is 32.6 Å². The van der Waals surface area contributed by atoms with Crippen molar-refractivity contribution in [3.05, 3.63) is 18.2 Å². The molecule has 120 valence electrons. The summed E-state index contributed by atoms with van der Waals surface area (Å²) in [5, 5.41) is 5.59. The molecular formula is C16H22N2O4. The van der Waals surface area contributed by atoms with Crippen molar-refractivity contribution in [1.82, 2.24) is 5.32 Å². The quantitative estimate of drug-likeness (QED) is 0.755. The zero-order valence-corrected chi connectivity index (χ0v) is 13.2. The fourth-order valence-electron chi connectivity index (χ4n) is 2.23. The SMILES string of the molecule is CCCNC(=O)C1(C(=O)Nc2ccc(OC)cc2OC)CC1. The molecule has 0 heterocycles. The molecule has 0 spiro atoms. The zero-order valence-electron chi connectivity index (χ0n) is 13.2. The van der Waals surface area contributed by atoms with E-state index < -0.39 is 5.41 Å². The van der Waals surface area contributed by atoms with E-state index in [2.05, 4.69) is 10.6 Å². The minimum absolute atomic E-state index is 0.195. The van der Waals surface area contributed by atoms with Crippen LogP contribution >= 0.6 is 0 Å². The van der Waals surface area contributed by atoms with Gasteiger partial charge < -0.3 is 20.1 Å². The summed E-state index contributed by atoms with van der Waals surface area (Å²) in [7, 11) is 3.08. The molecule has 1 aromatic carbocycles. The van der Waals surface area contributed by atoms with Crippen LogP contribution < -0.4 is 20.1 Å². The Kier molecular flexibility index (Phi) is 4.90. The Morgan fingerprint density at radius 2 is 1.91 bits per heavy atom. The van der Waals surface area contributed by atoms with Gasteiger partial charge in [0.05, 0.1) is 19.9 Å². The Hall–Kier alpha value is -2.24. The molecule has 1 fully saturated rings. The van der Waals surface area contributed by atoms with Gasteiger partial charge in [0, 0.05) is 12.6 Å².